The molecule has 2 heterocycles. The molecule has 3 aliphatic rings. The van der Waals surface area contributed by atoms with E-state index in [0.29, 0.717) is 68.5 Å². The number of carbonyl (C=O) groups excluding carboxylic acids is 1. The van der Waals surface area contributed by atoms with Crippen LogP contribution >= 0.6 is 23.2 Å². The molecule has 1 atom stereocenters. The van der Waals surface area contributed by atoms with E-state index in [1.165, 1.54) is 0 Å². The Bertz CT molecular complexity index is 778. The van der Waals surface area contributed by atoms with Gasteiger partial charge in [-0.2, -0.15) is 0 Å². The van der Waals surface area contributed by atoms with Gasteiger partial charge in [-0.15, -0.1) is 0 Å². The van der Waals surface area contributed by atoms with Crippen molar-refractivity contribution in [2.75, 3.05) is 26.3 Å². The van der Waals surface area contributed by atoms with Gasteiger partial charge in [0.2, 0.25) is 11.8 Å². The second kappa shape index (κ2) is 8.89. The van der Waals surface area contributed by atoms with Crippen LogP contribution in [0.3, 0.4) is 0 Å². The molecule has 0 N–H and O–H groups in total. The molecule has 1 aromatic carbocycles. The van der Waals surface area contributed by atoms with E-state index in [0.717, 1.165) is 5.56 Å². The number of hydrogen-bond donors (Lipinski definition) is 0. The first-order valence-corrected chi connectivity index (χ1v) is 11.4. The summed E-state index contributed by atoms with van der Waals surface area (Å²) in [5, 5.41) is 0.954. The Hall–Kier alpha value is -0.950. The van der Waals surface area contributed by atoms with Crippen LogP contribution < -0.4 is 0 Å². The number of hydrogen-bond acceptors (Lipinski definition) is 3. The highest BCUT2D eigenvalue weighted by Gasteiger charge is 2.44. The number of amides is 1. The maximum absolute atomic E-state index is 13.5. The highest BCUT2D eigenvalue weighted by molar-refractivity contribution is 6.42. The van der Waals surface area contributed by atoms with E-state index in [1.807, 2.05) is 17.0 Å². The minimum absolute atomic E-state index is 0.0799. The normalized spacial score (nSPS) is 28.3. The Balaban J connectivity index is 1.56. The molecule has 4 rings (SSSR count). The van der Waals surface area contributed by atoms with Crippen molar-refractivity contribution in [1.82, 2.24) is 4.90 Å². The molecule has 4 nitrogen and oxygen atoms in total. The summed E-state index contributed by atoms with van der Waals surface area (Å²) < 4.78 is 38.5. The third-order valence-electron chi connectivity index (χ3n) is 6.76. The highest BCUT2D eigenvalue weighted by Crippen LogP contribution is 2.43. The Morgan fingerprint density at radius 2 is 1.77 bits per heavy atom. The van der Waals surface area contributed by atoms with Crippen LogP contribution in [0.2, 0.25) is 10.0 Å². The van der Waals surface area contributed by atoms with Crippen LogP contribution in [0.4, 0.5) is 8.78 Å². The van der Waals surface area contributed by atoms with E-state index in [9.17, 15) is 13.6 Å². The molecule has 1 aromatic rings. The Kier molecular flexibility index (Phi) is 6.59. The first-order chi connectivity index (χ1) is 14.3. The summed E-state index contributed by atoms with van der Waals surface area (Å²) in [7, 11) is 0. The lowest BCUT2D eigenvalue weighted by Gasteiger charge is -2.45. The molecule has 0 aromatic heterocycles. The minimum atomic E-state index is -2.57. The third-order valence-corrected chi connectivity index (χ3v) is 7.50. The van der Waals surface area contributed by atoms with E-state index in [2.05, 4.69) is 0 Å². The highest BCUT2D eigenvalue weighted by atomic mass is 35.5. The molecule has 2 saturated heterocycles. The first kappa shape index (κ1) is 22.3. The van der Waals surface area contributed by atoms with E-state index >= 15 is 0 Å². The Labute approximate surface area is 185 Å². The number of halogens is 4. The van der Waals surface area contributed by atoms with Gasteiger partial charge in [-0.25, -0.2) is 8.78 Å². The van der Waals surface area contributed by atoms with Gasteiger partial charge in [-0.05, 0) is 42.9 Å². The van der Waals surface area contributed by atoms with Crippen LogP contribution in [0.5, 0.6) is 0 Å². The summed E-state index contributed by atoms with van der Waals surface area (Å²) in [5.74, 6) is -2.38. The predicted octanol–water partition coefficient (Wildman–Crippen LogP) is 5.44. The average molecular weight is 462 g/mol. The smallest absolute Gasteiger partial charge is 0.248 e. The second-order valence-corrected chi connectivity index (χ2v) is 9.67. The summed E-state index contributed by atoms with van der Waals surface area (Å²) >= 11 is 12.4. The summed E-state index contributed by atoms with van der Waals surface area (Å²) in [6.45, 7) is 2.13. The molecule has 3 fully saturated rings. The van der Waals surface area contributed by atoms with Crippen molar-refractivity contribution in [1.29, 1.82) is 0 Å². The van der Waals surface area contributed by atoms with Crippen molar-refractivity contribution in [3.8, 4) is 0 Å². The Morgan fingerprint density at radius 3 is 2.43 bits per heavy atom. The van der Waals surface area contributed by atoms with Crippen molar-refractivity contribution in [3.05, 3.63) is 33.8 Å². The number of alkyl halides is 2. The molecule has 8 heteroatoms. The van der Waals surface area contributed by atoms with Gasteiger partial charge < -0.3 is 14.4 Å². The van der Waals surface area contributed by atoms with Gasteiger partial charge in [0.25, 0.3) is 0 Å². The summed E-state index contributed by atoms with van der Waals surface area (Å²) in [6, 6.07) is 5.60. The number of likely N-dealkylation sites (tertiary alicyclic amines) is 1. The van der Waals surface area contributed by atoms with Gasteiger partial charge >= 0.3 is 0 Å². The number of piperidine rings is 1. The van der Waals surface area contributed by atoms with Crippen LogP contribution in [0.15, 0.2) is 18.2 Å². The molecule has 0 bridgehead atoms. The fourth-order valence-corrected chi connectivity index (χ4v) is 5.29. The van der Waals surface area contributed by atoms with Crippen LogP contribution in [0.25, 0.3) is 0 Å². The summed E-state index contributed by atoms with van der Waals surface area (Å²) in [5.41, 5.74) is 0.624. The van der Waals surface area contributed by atoms with Crippen LogP contribution in [0.1, 0.15) is 50.5 Å². The quantitative estimate of drug-likeness (QED) is 0.585. The van der Waals surface area contributed by atoms with Gasteiger partial charge in [0.05, 0.1) is 23.3 Å². The number of benzene rings is 1. The van der Waals surface area contributed by atoms with Gasteiger partial charge in [0.15, 0.2) is 6.29 Å². The number of carbonyl (C=O) groups is 1. The minimum Gasteiger partial charge on any atom is -0.350 e. The number of ether oxygens (including phenoxy) is 2. The molecule has 1 amide bonds. The van der Waals surface area contributed by atoms with Crippen LogP contribution in [0, 0.1) is 5.92 Å². The van der Waals surface area contributed by atoms with E-state index in [-0.39, 0.29) is 36.4 Å². The second-order valence-electron chi connectivity index (χ2n) is 8.86. The fraction of sp³-hybridized carbons (Fsp3) is 0.682. The lowest BCUT2D eigenvalue weighted by molar-refractivity contribution is -0.139. The molecule has 1 saturated carbocycles. The van der Waals surface area contributed by atoms with Crippen LogP contribution in [-0.4, -0.2) is 49.3 Å². The molecule has 2 aliphatic heterocycles. The maximum Gasteiger partial charge on any atom is 0.248 e. The van der Waals surface area contributed by atoms with Crippen molar-refractivity contribution >= 4 is 29.1 Å². The van der Waals surface area contributed by atoms with Crippen LogP contribution in [-0.2, 0) is 19.7 Å². The predicted molar refractivity (Wildman–Crippen MR) is 111 cm³/mol. The summed E-state index contributed by atoms with van der Waals surface area (Å²) in [4.78, 5) is 14.6. The largest absolute Gasteiger partial charge is 0.350 e. The fourth-order valence-electron chi connectivity index (χ4n) is 4.99. The third kappa shape index (κ3) is 4.93. The molecule has 0 spiro atoms. The standard InChI is InChI=1S/C22H27Cl2F2NO3/c23-17-2-1-16(11-18(17)24)21(12-20-29-9-10-30-20)6-5-19(28)27(14-21)13-15-3-7-22(25,26)8-4-15/h1-2,11,15,20H,3-10,12-14H2/t21-/m1/s1. The topological polar surface area (TPSA) is 38.8 Å². The summed E-state index contributed by atoms with van der Waals surface area (Å²) in [6.07, 6.45) is 2.04. The van der Waals surface area contributed by atoms with Crippen molar-refractivity contribution < 1.29 is 23.0 Å². The average Bonchev–Trinajstić information content (AvgIpc) is 3.21. The first-order valence-electron chi connectivity index (χ1n) is 10.6. The molecule has 0 unspecified atom stereocenters. The lowest BCUT2D eigenvalue weighted by Crippen LogP contribution is -2.52. The molecule has 30 heavy (non-hydrogen) atoms. The molecule has 166 valence electrons. The zero-order valence-electron chi connectivity index (χ0n) is 16.8. The SMILES string of the molecule is O=C1CC[C@](CC2OCCO2)(c2ccc(Cl)c(Cl)c2)CN1CC1CCC(F)(F)CC1. The van der Waals surface area contributed by atoms with Gasteiger partial charge in [0.1, 0.15) is 0 Å². The molecular weight excluding hydrogens is 435 g/mol. The van der Waals surface area contributed by atoms with Crippen molar-refractivity contribution in [2.45, 2.75) is 62.6 Å². The number of rotatable bonds is 5. The zero-order chi connectivity index (χ0) is 21.4. The molecular formula is C22H27Cl2F2NO3. The van der Waals surface area contributed by atoms with Gasteiger partial charge in [0, 0.05) is 44.2 Å². The zero-order valence-corrected chi connectivity index (χ0v) is 18.4. The van der Waals surface area contributed by atoms with E-state index in [1.54, 1.807) is 6.07 Å². The maximum atomic E-state index is 13.5. The van der Waals surface area contributed by atoms with Gasteiger partial charge in [-0.3, -0.25) is 4.79 Å². The van der Waals surface area contributed by atoms with Gasteiger partial charge in [-0.1, -0.05) is 29.3 Å². The van der Waals surface area contributed by atoms with Crippen molar-refractivity contribution in [2.24, 2.45) is 5.92 Å². The van der Waals surface area contributed by atoms with Crippen molar-refractivity contribution in [3.63, 3.8) is 0 Å². The monoisotopic (exact) mass is 461 g/mol. The number of nitrogens with zero attached hydrogens (tertiary/aromatic N) is 1. The molecule has 0 radical (unpaired) electrons. The van der Waals surface area contributed by atoms with E-state index < -0.39 is 5.92 Å². The van der Waals surface area contributed by atoms with E-state index in [4.69, 9.17) is 32.7 Å². The Morgan fingerprint density at radius 1 is 1.07 bits per heavy atom. The lowest BCUT2D eigenvalue weighted by atomic mass is 9.71. The molecule has 1 aliphatic carbocycles.